The second kappa shape index (κ2) is 11.8. The molecule has 2 heterocycles. The van der Waals surface area contributed by atoms with Crippen molar-refractivity contribution < 1.29 is 27.9 Å². The van der Waals surface area contributed by atoms with Gasteiger partial charge < -0.3 is 15.7 Å². The average molecular weight is 534 g/mol. The molecule has 39 heavy (non-hydrogen) atoms. The van der Waals surface area contributed by atoms with Crippen LogP contribution in [0.1, 0.15) is 10.4 Å². The minimum atomic E-state index is -5.08. The molecule has 12 heteroatoms. The topological polar surface area (TPSA) is 114 Å². The Morgan fingerprint density at radius 2 is 1.49 bits per heavy atom. The number of carboxylic acid groups (broad SMARTS) is 1. The van der Waals surface area contributed by atoms with Crippen LogP contribution in [0.3, 0.4) is 0 Å². The van der Waals surface area contributed by atoms with Crippen LogP contribution in [-0.4, -0.2) is 42.5 Å². The lowest BCUT2D eigenvalue weighted by Crippen LogP contribution is -2.21. The van der Waals surface area contributed by atoms with Gasteiger partial charge in [-0.05, 0) is 42.5 Å². The van der Waals surface area contributed by atoms with E-state index >= 15 is 0 Å². The first-order valence-corrected chi connectivity index (χ1v) is 11.4. The van der Waals surface area contributed by atoms with Crippen molar-refractivity contribution in [1.29, 1.82) is 0 Å². The van der Waals surface area contributed by atoms with Crippen LogP contribution in [0.4, 0.5) is 30.5 Å². The van der Waals surface area contributed by atoms with Crippen LogP contribution in [0.25, 0.3) is 11.4 Å². The molecule has 0 aliphatic heterocycles. The van der Waals surface area contributed by atoms with E-state index < -0.39 is 12.1 Å². The smallest absolute Gasteiger partial charge is 0.475 e. The van der Waals surface area contributed by atoms with Crippen LogP contribution in [0.2, 0.25) is 0 Å². The van der Waals surface area contributed by atoms with Crippen LogP contribution in [0.5, 0.6) is 0 Å². The summed E-state index contributed by atoms with van der Waals surface area (Å²) < 4.78 is 35.4. The molecule has 2 aromatic heterocycles. The first kappa shape index (κ1) is 26.7. The number of carboxylic acids is 1. The summed E-state index contributed by atoms with van der Waals surface area (Å²) in [5.41, 5.74) is 3.88. The van der Waals surface area contributed by atoms with Crippen LogP contribution in [0, 0.1) is 0 Å². The molecule has 0 aliphatic carbocycles. The Bertz CT molecular complexity index is 1550. The summed E-state index contributed by atoms with van der Waals surface area (Å²) in [5.74, 6) is -2.24. The highest BCUT2D eigenvalue weighted by Crippen LogP contribution is 2.20. The Morgan fingerprint density at radius 3 is 2.15 bits per heavy atom. The molecule has 0 saturated heterocycles. The number of benzene rings is 3. The minimum absolute atomic E-state index is 0.173. The predicted octanol–water partition coefficient (Wildman–Crippen LogP) is 5.69. The van der Waals surface area contributed by atoms with Crippen LogP contribution >= 0.6 is 0 Å². The van der Waals surface area contributed by atoms with E-state index in [-0.39, 0.29) is 5.91 Å². The first-order valence-electron chi connectivity index (χ1n) is 11.4. The van der Waals surface area contributed by atoms with E-state index in [4.69, 9.17) is 9.90 Å². The summed E-state index contributed by atoms with van der Waals surface area (Å²) in [6, 6.07) is 26.7. The molecule has 1 amide bonds. The van der Waals surface area contributed by atoms with Gasteiger partial charge >= 0.3 is 12.1 Å². The second-order valence-corrected chi connectivity index (χ2v) is 7.93. The van der Waals surface area contributed by atoms with Gasteiger partial charge in [-0.1, -0.05) is 42.5 Å². The third kappa shape index (κ3) is 7.10. The molecule has 0 aliphatic rings. The molecular formula is C27H21F3N6O3. The van der Waals surface area contributed by atoms with E-state index in [1.165, 1.54) is 0 Å². The number of hydrogen-bond acceptors (Lipinski definition) is 5. The third-order valence-corrected chi connectivity index (χ3v) is 5.16. The Kier molecular flexibility index (Phi) is 8.05. The summed E-state index contributed by atoms with van der Waals surface area (Å²) >= 11 is 0. The molecule has 0 fully saturated rings. The highest BCUT2D eigenvalue weighted by atomic mass is 19.4. The standard InChI is InChI=1S/C25H20N6O.C2HF3O2/c32-24(28-20-9-3-1-4-10-20)19-8-7-13-23(16-19)31-18-21(17-27-31)29-25-26-14-15-30(25)22-11-5-2-6-12-22;3-2(4,5)1(6)7/h1-18H,(H,26,29)(H,28,32);(H,6,7). The molecule has 0 radical (unpaired) electrons. The van der Waals surface area contributed by atoms with Gasteiger partial charge in [0, 0.05) is 29.3 Å². The predicted molar refractivity (Wildman–Crippen MR) is 138 cm³/mol. The highest BCUT2D eigenvalue weighted by molar-refractivity contribution is 6.04. The first-order chi connectivity index (χ1) is 18.7. The Hall–Kier alpha value is -5.39. The normalized spacial score (nSPS) is 10.7. The lowest BCUT2D eigenvalue weighted by atomic mass is 10.2. The maximum atomic E-state index is 12.6. The molecule has 3 N–H and O–H groups in total. The fraction of sp³-hybridized carbons (Fsp3) is 0.0370. The molecule has 3 aromatic carbocycles. The number of imidazole rings is 1. The summed E-state index contributed by atoms with van der Waals surface area (Å²) in [6.07, 6.45) is 2.14. The molecule has 198 valence electrons. The number of halogens is 3. The molecule has 0 unspecified atom stereocenters. The molecule has 0 saturated carbocycles. The summed E-state index contributed by atoms with van der Waals surface area (Å²) in [4.78, 5) is 25.9. The number of anilines is 3. The quantitative estimate of drug-likeness (QED) is 0.258. The van der Waals surface area contributed by atoms with Gasteiger partial charge in [-0.3, -0.25) is 9.36 Å². The SMILES string of the molecule is O=C(Nc1ccccc1)c1cccc(-n2cc(Nc3nccn3-c3ccccc3)cn2)c1.O=C(O)C(F)(F)F. The number of carbonyl (C=O) groups is 2. The van der Waals surface area contributed by atoms with Crippen molar-refractivity contribution in [2.45, 2.75) is 6.18 Å². The van der Waals surface area contributed by atoms with Gasteiger partial charge in [0.25, 0.3) is 5.91 Å². The zero-order chi connectivity index (χ0) is 27.8. The fourth-order valence-corrected chi connectivity index (χ4v) is 3.36. The van der Waals surface area contributed by atoms with Crippen molar-refractivity contribution in [2.75, 3.05) is 10.6 Å². The maximum Gasteiger partial charge on any atom is 0.490 e. The van der Waals surface area contributed by atoms with Crippen LogP contribution in [-0.2, 0) is 4.79 Å². The monoisotopic (exact) mass is 534 g/mol. The zero-order valence-corrected chi connectivity index (χ0v) is 20.1. The van der Waals surface area contributed by atoms with E-state index in [0.717, 1.165) is 22.7 Å². The van der Waals surface area contributed by atoms with Gasteiger partial charge in [0.1, 0.15) is 0 Å². The molecular weight excluding hydrogens is 513 g/mol. The van der Waals surface area contributed by atoms with Gasteiger partial charge in [0.15, 0.2) is 0 Å². The number of hydrogen-bond donors (Lipinski definition) is 3. The number of nitrogens with one attached hydrogen (secondary N) is 2. The number of aliphatic carboxylic acids is 1. The number of nitrogens with zero attached hydrogens (tertiary/aromatic N) is 4. The van der Waals surface area contributed by atoms with Crippen molar-refractivity contribution in [3.63, 3.8) is 0 Å². The lowest BCUT2D eigenvalue weighted by molar-refractivity contribution is -0.192. The fourth-order valence-electron chi connectivity index (χ4n) is 3.36. The van der Waals surface area contributed by atoms with Crippen molar-refractivity contribution in [1.82, 2.24) is 19.3 Å². The summed E-state index contributed by atoms with van der Waals surface area (Å²) in [7, 11) is 0. The largest absolute Gasteiger partial charge is 0.490 e. The lowest BCUT2D eigenvalue weighted by Gasteiger charge is -2.08. The molecule has 0 spiro atoms. The van der Waals surface area contributed by atoms with E-state index in [2.05, 4.69) is 20.7 Å². The van der Waals surface area contributed by atoms with Gasteiger partial charge in [0.05, 0.1) is 23.8 Å². The van der Waals surface area contributed by atoms with Gasteiger partial charge in [0.2, 0.25) is 5.95 Å². The minimum Gasteiger partial charge on any atom is -0.475 e. The van der Waals surface area contributed by atoms with Crippen molar-refractivity contribution in [3.8, 4) is 11.4 Å². The van der Waals surface area contributed by atoms with E-state index in [0.29, 0.717) is 11.5 Å². The molecule has 0 bridgehead atoms. The van der Waals surface area contributed by atoms with Crippen LogP contribution < -0.4 is 10.6 Å². The second-order valence-electron chi connectivity index (χ2n) is 7.93. The third-order valence-electron chi connectivity index (χ3n) is 5.16. The number of aromatic nitrogens is 4. The molecule has 9 nitrogen and oxygen atoms in total. The molecule has 0 atom stereocenters. The van der Waals surface area contributed by atoms with Crippen molar-refractivity contribution in [2.24, 2.45) is 0 Å². The zero-order valence-electron chi connectivity index (χ0n) is 20.1. The van der Waals surface area contributed by atoms with E-state index in [9.17, 15) is 18.0 Å². The Morgan fingerprint density at radius 1 is 0.846 bits per heavy atom. The maximum absolute atomic E-state index is 12.6. The van der Waals surface area contributed by atoms with E-state index in [1.807, 2.05) is 89.8 Å². The average Bonchev–Trinajstić information content (AvgIpc) is 3.60. The number of para-hydroxylation sites is 2. The Balaban J connectivity index is 0.000000448. The van der Waals surface area contributed by atoms with Crippen LogP contribution in [0.15, 0.2) is 110 Å². The summed E-state index contributed by atoms with van der Waals surface area (Å²) in [6.45, 7) is 0. The van der Waals surface area contributed by atoms with Gasteiger partial charge in [-0.2, -0.15) is 18.3 Å². The molecule has 5 aromatic rings. The number of alkyl halides is 3. The molecule has 5 rings (SSSR count). The summed E-state index contributed by atoms with van der Waals surface area (Å²) in [5, 5.41) is 17.8. The van der Waals surface area contributed by atoms with Crippen molar-refractivity contribution >= 4 is 29.2 Å². The number of rotatable bonds is 6. The number of amides is 1. The van der Waals surface area contributed by atoms with Gasteiger partial charge in [-0.25, -0.2) is 14.5 Å². The Labute approximate surface area is 220 Å². The van der Waals surface area contributed by atoms with Gasteiger partial charge in [-0.15, -0.1) is 0 Å². The number of carbonyl (C=O) groups excluding carboxylic acids is 1. The van der Waals surface area contributed by atoms with Crippen molar-refractivity contribution in [3.05, 3.63) is 115 Å². The highest BCUT2D eigenvalue weighted by Gasteiger charge is 2.38. The van der Waals surface area contributed by atoms with E-state index in [1.54, 1.807) is 29.2 Å².